The number of hydrogen-bond acceptors (Lipinski definition) is 4. The van der Waals surface area contributed by atoms with Gasteiger partial charge in [-0.25, -0.2) is 8.42 Å². The minimum absolute atomic E-state index is 0.0507. The summed E-state index contributed by atoms with van der Waals surface area (Å²) in [6.45, 7) is 0.0845. The molecule has 0 bridgehead atoms. The Bertz CT molecular complexity index is 625. The van der Waals surface area contributed by atoms with E-state index in [2.05, 4.69) is 0 Å². The molecule has 1 heterocycles. The number of aliphatic carboxylic acids is 1. The van der Waals surface area contributed by atoms with Crippen molar-refractivity contribution in [3.05, 3.63) is 24.3 Å². The second kappa shape index (κ2) is 4.82. The van der Waals surface area contributed by atoms with Crippen LogP contribution in [0.25, 0.3) is 0 Å². The van der Waals surface area contributed by atoms with Crippen LogP contribution in [0.3, 0.4) is 0 Å². The molecule has 0 saturated carbocycles. The summed E-state index contributed by atoms with van der Waals surface area (Å²) in [5, 5.41) is 8.87. The Morgan fingerprint density at radius 1 is 1.32 bits per heavy atom. The van der Waals surface area contributed by atoms with Gasteiger partial charge >= 0.3 is 5.97 Å². The first-order chi connectivity index (χ1) is 8.79. The maximum Gasteiger partial charge on any atom is 0.308 e. The highest BCUT2D eigenvalue weighted by atomic mass is 35.7. The molecule has 0 aromatic heterocycles. The summed E-state index contributed by atoms with van der Waals surface area (Å²) in [5.41, 5.74) is 0.456. The van der Waals surface area contributed by atoms with Crippen molar-refractivity contribution in [2.75, 3.05) is 11.4 Å². The van der Waals surface area contributed by atoms with Crippen LogP contribution in [0.4, 0.5) is 5.69 Å². The summed E-state index contributed by atoms with van der Waals surface area (Å²) in [5.74, 6) is -2.05. The molecular formula is C11H10ClNO5S. The van der Waals surface area contributed by atoms with Crippen LogP contribution in [-0.4, -0.2) is 31.9 Å². The van der Waals surface area contributed by atoms with Crippen LogP contribution < -0.4 is 4.90 Å². The standard InChI is InChI=1S/C11H10ClNO5S/c12-19(17,18)9-3-1-8(2-4-9)13-6-7(11(15)16)5-10(13)14/h1-4,7H,5-6H2,(H,15,16)/t7-/m0/s1. The van der Waals surface area contributed by atoms with Crippen molar-refractivity contribution in [1.82, 2.24) is 0 Å². The van der Waals surface area contributed by atoms with Gasteiger partial charge < -0.3 is 10.0 Å². The molecule has 2 rings (SSSR count). The van der Waals surface area contributed by atoms with E-state index in [1.165, 1.54) is 29.2 Å². The van der Waals surface area contributed by atoms with Gasteiger partial charge in [0.1, 0.15) is 0 Å². The van der Waals surface area contributed by atoms with E-state index in [4.69, 9.17) is 15.8 Å². The van der Waals surface area contributed by atoms with Gasteiger partial charge in [-0.2, -0.15) is 0 Å². The summed E-state index contributed by atoms with van der Waals surface area (Å²) in [4.78, 5) is 23.8. The monoisotopic (exact) mass is 303 g/mol. The molecule has 8 heteroatoms. The summed E-state index contributed by atoms with van der Waals surface area (Å²) in [6.07, 6.45) is -0.0507. The average Bonchev–Trinajstić information content (AvgIpc) is 2.70. The van der Waals surface area contributed by atoms with E-state index in [-0.39, 0.29) is 23.8 Å². The molecule has 1 aliphatic heterocycles. The lowest BCUT2D eigenvalue weighted by molar-refractivity contribution is -0.141. The molecule has 0 unspecified atom stereocenters. The van der Waals surface area contributed by atoms with E-state index >= 15 is 0 Å². The number of anilines is 1. The molecule has 0 radical (unpaired) electrons. The van der Waals surface area contributed by atoms with Gasteiger partial charge in [0, 0.05) is 29.3 Å². The van der Waals surface area contributed by atoms with Crippen LogP contribution in [0.2, 0.25) is 0 Å². The Morgan fingerprint density at radius 3 is 2.32 bits per heavy atom. The Labute approximate surface area is 114 Å². The number of nitrogens with zero attached hydrogens (tertiary/aromatic N) is 1. The third kappa shape index (κ3) is 2.87. The summed E-state index contributed by atoms with van der Waals surface area (Å²) >= 11 is 0. The zero-order valence-electron chi connectivity index (χ0n) is 9.61. The van der Waals surface area contributed by atoms with Crippen LogP contribution in [0.15, 0.2) is 29.2 Å². The molecule has 1 aromatic rings. The van der Waals surface area contributed by atoms with Crippen LogP contribution >= 0.6 is 10.7 Å². The fourth-order valence-corrected chi connectivity index (χ4v) is 2.68. The lowest BCUT2D eigenvalue weighted by Crippen LogP contribution is -2.25. The van der Waals surface area contributed by atoms with E-state index in [0.717, 1.165) is 0 Å². The Morgan fingerprint density at radius 2 is 1.89 bits per heavy atom. The van der Waals surface area contributed by atoms with E-state index in [1.54, 1.807) is 0 Å². The van der Waals surface area contributed by atoms with Gasteiger partial charge in [0.25, 0.3) is 9.05 Å². The smallest absolute Gasteiger partial charge is 0.308 e. The molecule has 1 atom stereocenters. The van der Waals surface area contributed by atoms with Crippen molar-refractivity contribution in [3.63, 3.8) is 0 Å². The third-order valence-corrected chi connectivity index (χ3v) is 4.27. The second-order valence-corrected chi connectivity index (χ2v) is 6.74. The number of amides is 1. The maximum absolute atomic E-state index is 11.7. The number of carboxylic acids is 1. The van der Waals surface area contributed by atoms with E-state index in [1.807, 2.05) is 0 Å². The van der Waals surface area contributed by atoms with Gasteiger partial charge in [-0.05, 0) is 24.3 Å². The van der Waals surface area contributed by atoms with Gasteiger partial charge in [-0.1, -0.05) is 0 Å². The largest absolute Gasteiger partial charge is 0.481 e. The van der Waals surface area contributed by atoms with Gasteiger partial charge in [0.05, 0.1) is 10.8 Å². The molecule has 1 N–H and O–H groups in total. The highest BCUT2D eigenvalue weighted by molar-refractivity contribution is 8.13. The van der Waals surface area contributed by atoms with Gasteiger partial charge in [-0.15, -0.1) is 0 Å². The quantitative estimate of drug-likeness (QED) is 0.843. The maximum atomic E-state index is 11.7. The fourth-order valence-electron chi connectivity index (χ4n) is 1.91. The molecule has 1 saturated heterocycles. The highest BCUT2D eigenvalue weighted by Crippen LogP contribution is 2.26. The molecule has 1 fully saturated rings. The Hall–Kier alpha value is -1.60. The number of carbonyl (C=O) groups excluding carboxylic acids is 1. The molecule has 6 nitrogen and oxygen atoms in total. The average molecular weight is 304 g/mol. The third-order valence-electron chi connectivity index (χ3n) is 2.90. The predicted molar refractivity (Wildman–Crippen MR) is 67.6 cm³/mol. The molecule has 19 heavy (non-hydrogen) atoms. The van der Waals surface area contributed by atoms with Crippen molar-refractivity contribution in [3.8, 4) is 0 Å². The first-order valence-electron chi connectivity index (χ1n) is 5.37. The Balaban J connectivity index is 2.24. The molecular weight excluding hydrogens is 294 g/mol. The van der Waals surface area contributed by atoms with Gasteiger partial charge in [0.2, 0.25) is 5.91 Å². The lowest BCUT2D eigenvalue weighted by atomic mass is 10.1. The number of carboxylic acid groups (broad SMARTS) is 1. The molecule has 0 spiro atoms. The van der Waals surface area contributed by atoms with Crippen molar-refractivity contribution in [2.45, 2.75) is 11.3 Å². The first kappa shape index (κ1) is 13.8. The molecule has 1 aromatic carbocycles. The summed E-state index contributed by atoms with van der Waals surface area (Å²) in [6, 6.07) is 5.41. The SMILES string of the molecule is O=C(O)[C@H]1CC(=O)N(c2ccc(S(=O)(=O)Cl)cc2)C1. The van der Waals surface area contributed by atoms with Gasteiger partial charge in [0.15, 0.2) is 0 Å². The van der Waals surface area contributed by atoms with Crippen molar-refractivity contribution in [1.29, 1.82) is 0 Å². The van der Waals surface area contributed by atoms with Crippen molar-refractivity contribution >= 4 is 37.3 Å². The number of carbonyl (C=O) groups is 2. The first-order valence-corrected chi connectivity index (χ1v) is 7.68. The molecule has 0 aliphatic carbocycles. The number of halogens is 1. The fraction of sp³-hybridized carbons (Fsp3) is 0.273. The van der Waals surface area contributed by atoms with Crippen LogP contribution in [-0.2, 0) is 18.6 Å². The summed E-state index contributed by atoms with van der Waals surface area (Å²) < 4.78 is 22.2. The highest BCUT2D eigenvalue weighted by Gasteiger charge is 2.35. The van der Waals surface area contributed by atoms with Crippen LogP contribution in [0, 0.1) is 5.92 Å². The van der Waals surface area contributed by atoms with Crippen molar-refractivity contribution in [2.24, 2.45) is 5.92 Å². The molecule has 1 amide bonds. The van der Waals surface area contributed by atoms with E-state index in [0.29, 0.717) is 5.69 Å². The molecule has 1 aliphatic rings. The molecule has 102 valence electrons. The van der Waals surface area contributed by atoms with E-state index < -0.39 is 20.9 Å². The summed E-state index contributed by atoms with van der Waals surface area (Å²) in [7, 11) is 1.37. The minimum Gasteiger partial charge on any atom is -0.481 e. The number of benzene rings is 1. The number of hydrogen-bond donors (Lipinski definition) is 1. The minimum atomic E-state index is -3.81. The lowest BCUT2D eigenvalue weighted by Gasteiger charge is -2.16. The normalized spacial score (nSPS) is 19.7. The number of rotatable bonds is 3. The zero-order valence-corrected chi connectivity index (χ0v) is 11.2. The van der Waals surface area contributed by atoms with E-state index in [9.17, 15) is 18.0 Å². The van der Waals surface area contributed by atoms with Crippen LogP contribution in [0.5, 0.6) is 0 Å². The van der Waals surface area contributed by atoms with Crippen LogP contribution in [0.1, 0.15) is 6.42 Å². The van der Waals surface area contributed by atoms with Crippen molar-refractivity contribution < 1.29 is 23.1 Å². The predicted octanol–water partition coefficient (Wildman–Crippen LogP) is 1.05. The van der Waals surface area contributed by atoms with Gasteiger partial charge in [-0.3, -0.25) is 9.59 Å². The Kier molecular flexibility index (Phi) is 3.51. The second-order valence-electron chi connectivity index (χ2n) is 4.18. The zero-order chi connectivity index (χ0) is 14.2. The topological polar surface area (TPSA) is 91.8 Å².